The minimum atomic E-state index is -0.869. The predicted octanol–water partition coefficient (Wildman–Crippen LogP) is 4.28. The van der Waals surface area contributed by atoms with Crippen LogP contribution in [0.2, 0.25) is 0 Å². The van der Waals surface area contributed by atoms with Gasteiger partial charge in [-0.15, -0.1) is 0 Å². The molecule has 1 aliphatic carbocycles. The molecule has 0 N–H and O–H groups in total. The highest BCUT2D eigenvalue weighted by atomic mass is 19.2. The SMILES string of the molecule is COCCC1CCC(c2ccc(OC)c(F)c2F)CC1. The van der Waals surface area contributed by atoms with Crippen molar-refractivity contribution in [1.82, 2.24) is 0 Å². The Labute approximate surface area is 119 Å². The first-order valence-electron chi connectivity index (χ1n) is 7.18. The fourth-order valence-electron chi connectivity index (χ4n) is 3.07. The average Bonchev–Trinajstić information content (AvgIpc) is 2.48. The largest absolute Gasteiger partial charge is 0.494 e. The zero-order chi connectivity index (χ0) is 14.5. The fraction of sp³-hybridized carbons (Fsp3) is 0.625. The smallest absolute Gasteiger partial charge is 0.200 e. The number of ether oxygens (including phenoxy) is 2. The van der Waals surface area contributed by atoms with E-state index in [0.717, 1.165) is 38.7 Å². The lowest BCUT2D eigenvalue weighted by atomic mass is 9.77. The molecule has 0 spiro atoms. The second-order valence-electron chi connectivity index (χ2n) is 5.48. The van der Waals surface area contributed by atoms with Crippen LogP contribution in [0.5, 0.6) is 5.75 Å². The number of rotatable bonds is 5. The van der Waals surface area contributed by atoms with Gasteiger partial charge in [-0.05, 0) is 55.6 Å². The van der Waals surface area contributed by atoms with Gasteiger partial charge in [-0.3, -0.25) is 0 Å². The Kier molecular flexibility index (Phi) is 5.35. The summed E-state index contributed by atoms with van der Waals surface area (Å²) in [6, 6.07) is 3.18. The van der Waals surface area contributed by atoms with Gasteiger partial charge in [0.05, 0.1) is 7.11 Å². The molecule has 0 unspecified atom stereocenters. The molecule has 1 saturated carbocycles. The van der Waals surface area contributed by atoms with Gasteiger partial charge in [0.25, 0.3) is 0 Å². The highest BCUT2D eigenvalue weighted by molar-refractivity contribution is 5.33. The van der Waals surface area contributed by atoms with Gasteiger partial charge >= 0.3 is 0 Å². The van der Waals surface area contributed by atoms with Crippen molar-refractivity contribution in [2.45, 2.75) is 38.0 Å². The summed E-state index contributed by atoms with van der Waals surface area (Å²) in [5, 5.41) is 0. The van der Waals surface area contributed by atoms with E-state index in [1.54, 1.807) is 13.2 Å². The third-order valence-electron chi connectivity index (χ3n) is 4.31. The van der Waals surface area contributed by atoms with E-state index in [1.165, 1.54) is 13.2 Å². The molecule has 2 rings (SSSR count). The van der Waals surface area contributed by atoms with Crippen molar-refractivity contribution in [3.05, 3.63) is 29.3 Å². The molecule has 0 heterocycles. The zero-order valence-electron chi connectivity index (χ0n) is 12.1. The molecule has 1 aromatic rings. The number of benzene rings is 1. The lowest BCUT2D eigenvalue weighted by Gasteiger charge is -2.29. The van der Waals surface area contributed by atoms with Crippen LogP contribution in [-0.2, 0) is 4.74 Å². The van der Waals surface area contributed by atoms with E-state index in [0.29, 0.717) is 11.5 Å². The summed E-state index contributed by atoms with van der Waals surface area (Å²) in [7, 11) is 3.06. The lowest BCUT2D eigenvalue weighted by Crippen LogP contribution is -2.16. The van der Waals surface area contributed by atoms with Gasteiger partial charge in [0, 0.05) is 13.7 Å². The van der Waals surface area contributed by atoms with Crippen LogP contribution in [0.4, 0.5) is 8.78 Å². The summed E-state index contributed by atoms with van der Waals surface area (Å²) in [5.74, 6) is -0.872. The third-order valence-corrected chi connectivity index (χ3v) is 4.31. The van der Waals surface area contributed by atoms with Crippen molar-refractivity contribution >= 4 is 0 Å². The summed E-state index contributed by atoms with van der Waals surface area (Å²) in [5.41, 5.74) is 0.494. The molecule has 0 aromatic heterocycles. The molecule has 112 valence electrons. The maximum absolute atomic E-state index is 14.1. The monoisotopic (exact) mass is 284 g/mol. The molecule has 0 radical (unpaired) electrons. The van der Waals surface area contributed by atoms with E-state index in [1.807, 2.05) is 0 Å². The van der Waals surface area contributed by atoms with E-state index in [4.69, 9.17) is 9.47 Å². The predicted molar refractivity (Wildman–Crippen MR) is 74.1 cm³/mol. The van der Waals surface area contributed by atoms with Crippen LogP contribution in [0.25, 0.3) is 0 Å². The van der Waals surface area contributed by atoms with Gasteiger partial charge in [0.1, 0.15) is 0 Å². The van der Waals surface area contributed by atoms with Crippen LogP contribution < -0.4 is 4.74 Å². The molecule has 4 heteroatoms. The maximum atomic E-state index is 14.1. The van der Waals surface area contributed by atoms with Crippen molar-refractivity contribution in [2.75, 3.05) is 20.8 Å². The van der Waals surface area contributed by atoms with Gasteiger partial charge in [0.15, 0.2) is 11.6 Å². The standard InChI is InChI=1S/C16H22F2O2/c1-19-10-9-11-3-5-12(6-4-11)13-7-8-14(20-2)16(18)15(13)17/h7-8,11-12H,3-6,9-10H2,1-2H3. The van der Waals surface area contributed by atoms with Crippen molar-refractivity contribution in [3.63, 3.8) is 0 Å². The Hall–Kier alpha value is -1.16. The van der Waals surface area contributed by atoms with Crippen LogP contribution in [0.3, 0.4) is 0 Å². The first-order chi connectivity index (χ1) is 9.67. The molecule has 0 amide bonds. The van der Waals surface area contributed by atoms with Crippen LogP contribution in [0.15, 0.2) is 12.1 Å². The van der Waals surface area contributed by atoms with Crippen molar-refractivity contribution in [2.24, 2.45) is 5.92 Å². The Morgan fingerprint density at radius 2 is 1.75 bits per heavy atom. The molecule has 1 aromatic carbocycles. The van der Waals surface area contributed by atoms with Crippen molar-refractivity contribution in [1.29, 1.82) is 0 Å². The minimum Gasteiger partial charge on any atom is -0.494 e. The first kappa shape index (κ1) is 15.2. The van der Waals surface area contributed by atoms with E-state index in [2.05, 4.69) is 0 Å². The fourth-order valence-corrected chi connectivity index (χ4v) is 3.07. The normalized spacial score (nSPS) is 22.8. The molecule has 1 fully saturated rings. The van der Waals surface area contributed by atoms with Gasteiger partial charge in [-0.25, -0.2) is 4.39 Å². The second-order valence-corrected chi connectivity index (χ2v) is 5.48. The van der Waals surface area contributed by atoms with Crippen LogP contribution in [-0.4, -0.2) is 20.8 Å². The lowest BCUT2D eigenvalue weighted by molar-refractivity contribution is 0.162. The number of methoxy groups -OCH3 is 2. The maximum Gasteiger partial charge on any atom is 0.200 e. The summed E-state index contributed by atoms with van der Waals surface area (Å²) < 4.78 is 37.7. The Morgan fingerprint density at radius 3 is 2.35 bits per heavy atom. The Balaban J connectivity index is 2.02. The van der Waals surface area contributed by atoms with Crippen LogP contribution in [0, 0.1) is 17.6 Å². The molecular formula is C16H22F2O2. The van der Waals surface area contributed by atoms with E-state index < -0.39 is 11.6 Å². The second kappa shape index (κ2) is 7.02. The minimum absolute atomic E-state index is 0.0277. The molecular weight excluding hydrogens is 262 g/mol. The van der Waals surface area contributed by atoms with Crippen LogP contribution in [0.1, 0.15) is 43.6 Å². The van der Waals surface area contributed by atoms with Crippen molar-refractivity contribution < 1.29 is 18.3 Å². The molecule has 2 nitrogen and oxygen atoms in total. The summed E-state index contributed by atoms with van der Waals surface area (Å²) in [4.78, 5) is 0. The van der Waals surface area contributed by atoms with Gasteiger partial charge in [-0.2, -0.15) is 4.39 Å². The molecule has 0 bridgehead atoms. The third kappa shape index (κ3) is 3.29. The van der Waals surface area contributed by atoms with Gasteiger partial charge in [-0.1, -0.05) is 6.07 Å². The summed E-state index contributed by atoms with van der Waals surface area (Å²) in [6.07, 6.45) is 5.00. The Morgan fingerprint density at radius 1 is 1.05 bits per heavy atom. The molecule has 0 saturated heterocycles. The van der Waals surface area contributed by atoms with Gasteiger partial charge < -0.3 is 9.47 Å². The molecule has 0 aliphatic heterocycles. The highest BCUT2D eigenvalue weighted by Gasteiger charge is 2.26. The van der Waals surface area contributed by atoms with Gasteiger partial charge in [0.2, 0.25) is 5.82 Å². The topological polar surface area (TPSA) is 18.5 Å². The number of halogens is 2. The first-order valence-corrected chi connectivity index (χ1v) is 7.18. The van der Waals surface area contributed by atoms with E-state index in [-0.39, 0.29) is 11.7 Å². The highest BCUT2D eigenvalue weighted by Crippen LogP contribution is 2.39. The van der Waals surface area contributed by atoms with Crippen molar-refractivity contribution in [3.8, 4) is 5.75 Å². The summed E-state index contributed by atoms with van der Waals surface area (Å²) in [6.45, 7) is 0.779. The molecule has 20 heavy (non-hydrogen) atoms. The Bertz CT molecular complexity index is 440. The van der Waals surface area contributed by atoms with Crippen LogP contribution >= 0.6 is 0 Å². The number of hydrogen-bond acceptors (Lipinski definition) is 2. The van der Waals surface area contributed by atoms with E-state index >= 15 is 0 Å². The average molecular weight is 284 g/mol. The quantitative estimate of drug-likeness (QED) is 0.803. The zero-order valence-corrected chi connectivity index (χ0v) is 12.1. The van der Waals surface area contributed by atoms with E-state index in [9.17, 15) is 8.78 Å². The molecule has 0 atom stereocenters. The molecule has 1 aliphatic rings. The number of hydrogen-bond donors (Lipinski definition) is 0. The summed E-state index contributed by atoms with van der Waals surface area (Å²) >= 11 is 0.